The first kappa shape index (κ1) is 34.3. The summed E-state index contributed by atoms with van der Waals surface area (Å²) in [5, 5.41) is 17.5. The van der Waals surface area contributed by atoms with E-state index >= 15 is 0 Å². The van der Waals surface area contributed by atoms with Crippen LogP contribution in [0.25, 0.3) is 16.6 Å². The van der Waals surface area contributed by atoms with Crippen molar-refractivity contribution in [3.63, 3.8) is 0 Å². The lowest BCUT2D eigenvalue weighted by Crippen LogP contribution is -2.52. The summed E-state index contributed by atoms with van der Waals surface area (Å²) < 4.78 is 0. The van der Waals surface area contributed by atoms with Crippen LogP contribution in [0, 0.1) is 11.3 Å². The molecule has 4 N–H and O–H groups in total. The van der Waals surface area contributed by atoms with Gasteiger partial charge in [0, 0.05) is 79.4 Å². The molecule has 12 nitrogen and oxygen atoms in total. The molecule has 4 amide bonds. The number of hydrogen-bond acceptors (Lipinski definition) is 9. The van der Waals surface area contributed by atoms with E-state index in [-0.39, 0.29) is 36.2 Å². The van der Waals surface area contributed by atoms with Crippen molar-refractivity contribution in [2.24, 2.45) is 5.92 Å². The summed E-state index contributed by atoms with van der Waals surface area (Å²) in [6.07, 6.45) is 14.0. The molecule has 51 heavy (non-hydrogen) atoms. The average Bonchev–Trinajstić information content (AvgIpc) is 3.48. The number of hydrogen-bond donors (Lipinski definition) is 4. The largest absolute Gasteiger partial charge is 0.387 e. The van der Waals surface area contributed by atoms with Crippen molar-refractivity contribution in [1.82, 2.24) is 30.4 Å². The van der Waals surface area contributed by atoms with Gasteiger partial charge < -0.3 is 25.8 Å². The topological polar surface area (TPSA) is 160 Å². The zero-order valence-electron chi connectivity index (χ0n) is 28.9. The van der Waals surface area contributed by atoms with Crippen molar-refractivity contribution in [2.45, 2.75) is 95.3 Å². The highest BCUT2D eigenvalue weighted by atomic mass is 16.2. The van der Waals surface area contributed by atoms with Crippen LogP contribution >= 0.6 is 0 Å². The molecule has 3 unspecified atom stereocenters. The molecule has 1 aliphatic carbocycles. The summed E-state index contributed by atoms with van der Waals surface area (Å²) in [7, 11) is 0. The van der Waals surface area contributed by atoms with Crippen LogP contribution in [0.1, 0.15) is 92.2 Å². The first-order chi connectivity index (χ1) is 24.9. The van der Waals surface area contributed by atoms with E-state index in [0.29, 0.717) is 42.1 Å². The predicted octanol–water partition coefficient (Wildman–Crippen LogP) is 4.80. The molecule has 2 aromatic carbocycles. The number of aromatic nitrogens is 2. The smallest absolute Gasteiger partial charge is 0.255 e. The van der Waals surface area contributed by atoms with Crippen LogP contribution in [-0.4, -0.2) is 80.8 Å². The number of piperidine rings is 2. The SMILES string of the molecule is N=C/C(=C\NC1CCN(C(=O)CCCC2CCCC(Nc3cccc4c3CN(C3CCC(=O)NC3=O)C4=O)C2)CC1)c1cnc2ccccc2n1. The lowest BCUT2D eigenvalue weighted by Gasteiger charge is -2.33. The number of imide groups is 1. The number of anilines is 1. The van der Waals surface area contributed by atoms with Crippen molar-refractivity contribution in [3.8, 4) is 0 Å². The van der Waals surface area contributed by atoms with Gasteiger partial charge in [-0.15, -0.1) is 0 Å². The molecule has 1 aromatic heterocycles. The first-order valence-corrected chi connectivity index (χ1v) is 18.4. The van der Waals surface area contributed by atoms with Gasteiger partial charge >= 0.3 is 0 Å². The molecule has 3 aromatic rings. The summed E-state index contributed by atoms with van der Waals surface area (Å²) >= 11 is 0. The number of rotatable bonds is 11. The maximum Gasteiger partial charge on any atom is 0.255 e. The van der Waals surface area contributed by atoms with Crippen molar-refractivity contribution in [1.29, 1.82) is 5.41 Å². The van der Waals surface area contributed by atoms with Gasteiger partial charge in [0.1, 0.15) is 6.04 Å². The van der Waals surface area contributed by atoms with Crippen LogP contribution in [-0.2, 0) is 20.9 Å². The summed E-state index contributed by atoms with van der Waals surface area (Å²) in [5.74, 6) is -0.0705. The molecule has 7 rings (SSSR count). The highest BCUT2D eigenvalue weighted by Gasteiger charge is 2.40. The molecule has 2 saturated heterocycles. The van der Waals surface area contributed by atoms with E-state index in [0.717, 1.165) is 86.7 Å². The third-order valence-corrected chi connectivity index (χ3v) is 10.9. The van der Waals surface area contributed by atoms with Crippen molar-refractivity contribution in [3.05, 3.63) is 71.7 Å². The van der Waals surface area contributed by atoms with Crippen LogP contribution in [0.5, 0.6) is 0 Å². The monoisotopic (exact) mass is 690 g/mol. The highest BCUT2D eigenvalue weighted by Crippen LogP contribution is 2.35. The van der Waals surface area contributed by atoms with Gasteiger partial charge in [0.15, 0.2) is 0 Å². The normalized spacial score (nSPS) is 22.9. The van der Waals surface area contributed by atoms with Crippen LogP contribution in [0.2, 0.25) is 0 Å². The minimum Gasteiger partial charge on any atom is -0.387 e. The molecule has 4 aliphatic rings. The molecule has 3 aliphatic heterocycles. The lowest BCUT2D eigenvalue weighted by molar-refractivity contribution is -0.137. The number of allylic oxidation sites excluding steroid dienone is 1. The second-order valence-electron chi connectivity index (χ2n) is 14.3. The fraction of sp³-hybridized carbons (Fsp3) is 0.462. The zero-order valence-corrected chi connectivity index (χ0v) is 28.9. The van der Waals surface area contributed by atoms with Gasteiger partial charge in [-0.25, -0.2) is 4.98 Å². The number of likely N-dealkylation sites (tertiary alicyclic amines) is 1. The number of carbonyl (C=O) groups is 4. The summed E-state index contributed by atoms with van der Waals surface area (Å²) in [4.78, 5) is 63.3. The number of amides is 4. The summed E-state index contributed by atoms with van der Waals surface area (Å²) in [6.45, 7) is 1.80. The van der Waals surface area contributed by atoms with Gasteiger partial charge in [0.25, 0.3) is 5.91 Å². The number of nitrogens with one attached hydrogen (secondary N) is 4. The minimum atomic E-state index is -0.624. The molecule has 0 bridgehead atoms. The molecule has 0 radical (unpaired) electrons. The van der Waals surface area contributed by atoms with E-state index in [1.54, 1.807) is 11.1 Å². The molecule has 266 valence electrons. The Labute approximate surface area is 298 Å². The van der Waals surface area contributed by atoms with Gasteiger partial charge in [-0.3, -0.25) is 29.5 Å². The molecule has 4 heterocycles. The number of benzene rings is 2. The first-order valence-electron chi connectivity index (χ1n) is 18.4. The molecular weight excluding hydrogens is 644 g/mol. The standard InChI is InChI=1S/C39H46N8O4/c40-21-26(34-23-42-32-10-1-2-11-33(32)44-34)22-41-27-16-18-46(19-17-27)37(49)13-4-7-25-6-3-8-28(20-25)43-31-12-5-9-29-30(31)24-47(39(29)51)35-14-15-36(48)45-38(35)50/h1-2,5,9-12,21-23,25,27-28,35,40-41,43H,3-4,6-8,13-20,24H2,(H,45,48,50)/b26-22+,40-21?. The van der Waals surface area contributed by atoms with Crippen molar-refractivity contribution >= 4 is 52.1 Å². The third kappa shape index (κ3) is 7.79. The summed E-state index contributed by atoms with van der Waals surface area (Å²) in [6, 6.07) is 13.3. The van der Waals surface area contributed by atoms with E-state index in [2.05, 4.69) is 25.9 Å². The van der Waals surface area contributed by atoms with Crippen LogP contribution in [0.3, 0.4) is 0 Å². The van der Waals surface area contributed by atoms with E-state index in [4.69, 9.17) is 5.41 Å². The van der Waals surface area contributed by atoms with E-state index in [9.17, 15) is 19.2 Å². The quantitative estimate of drug-likeness (QED) is 0.165. The van der Waals surface area contributed by atoms with E-state index < -0.39 is 11.9 Å². The Morgan fingerprint density at radius 2 is 1.80 bits per heavy atom. The Kier molecular flexibility index (Phi) is 10.4. The number of nitrogens with zero attached hydrogens (tertiary/aromatic N) is 4. The zero-order chi connectivity index (χ0) is 35.3. The van der Waals surface area contributed by atoms with Gasteiger partial charge in [-0.2, -0.15) is 0 Å². The molecule has 3 atom stereocenters. The van der Waals surface area contributed by atoms with Gasteiger partial charge in [-0.05, 0) is 75.1 Å². The summed E-state index contributed by atoms with van der Waals surface area (Å²) in [5.41, 5.74) is 5.44. The Morgan fingerprint density at radius 3 is 2.61 bits per heavy atom. The molecule has 12 heteroatoms. The van der Waals surface area contributed by atoms with Gasteiger partial charge in [0.05, 0.1) is 22.9 Å². The predicted molar refractivity (Wildman–Crippen MR) is 195 cm³/mol. The Balaban J connectivity index is 0.847. The molecule has 1 saturated carbocycles. The fourth-order valence-electron chi connectivity index (χ4n) is 8.11. The van der Waals surface area contributed by atoms with Crippen molar-refractivity contribution < 1.29 is 19.2 Å². The molecular formula is C39H46N8O4. The number of carbonyl (C=O) groups excluding carboxylic acids is 4. The van der Waals surface area contributed by atoms with Crippen LogP contribution < -0.4 is 16.0 Å². The van der Waals surface area contributed by atoms with E-state index in [1.807, 2.05) is 53.6 Å². The second kappa shape index (κ2) is 15.4. The Morgan fingerprint density at radius 1 is 0.980 bits per heavy atom. The average molecular weight is 691 g/mol. The Hall–Kier alpha value is -5.13. The molecule has 3 fully saturated rings. The highest BCUT2D eigenvalue weighted by molar-refractivity contribution is 6.08. The second-order valence-corrected chi connectivity index (χ2v) is 14.3. The maximum atomic E-state index is 13.3. The van der Waals surface area contributed by atoms with Crippen LogP contribution in [0.4, 0.5) is 5.69 Å². The third-order valence-electron chi connectivity index (χ3n) is 10.9. The van der Waals surface area contributed by atoms with Crippen LogP contribution in [0.15, 0.2) is 54.9 Å². The molecule has 0 spiro atoms. The van der Waals surface area contributed by atoms with Gasteiger partial charge in [0.2, 0.25) is 17.7 Å². The Bertz CT molecular complexity index is 1850. The van der Waals surface area contributed by atoms with Gasteiger partial charge in [-0.1, -0.05) is 31.0 Å². The van der Waals surface area contributed by atoms with Crippen molar-refractivity contribution in [2.75, 3.05) is 18.4 Å². The number of fused-ring (bicyclic) bond motifs is 2. The minimum absolute atomic E-state index is 0.157. The maximum absolute atomic E-state index is 13.3. The lowest BCUT2D eigenvalue weighted by atomic mass is 9.82. The number of para-hydroxylation sites is 2. The van der Waals surface area contributed by atoms with E-state index in [1.165, 1.54) is 6.21 Å². The fourth-order valence-corrected chi connectivity index (χ4v) is 8.11.